The zero-order valence-corrected chi connectivity index (χ0v) is 13.4. The first-order valence-electron chi connectivity index (χ1n) is 7.88. The molecule has 1 saturated heterocycles. The van der Waals surface area contributed by atoms with E-state index >= 15 is 0 Å². The van der Waals surface area contributed by atoms with Crippen LogP contribution in [0.4, 0.5) is 0 Å². The Labute approximate surface area is 141 Å². The first-order chi connectivity index (χ1) is 11.8. The largest absolute Gasteiger partial charge is 0.468 e. The second-order valence-corrected chi connectivity index (χ2v) is 5.54. The molecule has 118 valence electrons. The van der Waals surface area contributed by atoms with Gasteiger partial charge in [-0.1, -0.05) is 54.6 Å². The number of hydrogen-bond acceptors (Lipinski definition) is 4. The third-order valence-corrected chi connectivity index (χ3v) is 4.14. The summed E-state index contributed by atoms with van der Waals surface area (Å²) in [6, 6.07) is 22.2. The molecule has 1 heterocycles. The number of allylic oxidation sites excluding steroid dienone is 1. The van der Waals surface area contributed by atoms with Crippen LogP contribution < -0.4 is 0 Å². The second kappa shape index (κ2) is 6.89. The highest BCUT2D eigenvalue weighted by Gasteiger charge is 2.31. The normalized spacial score (nSPS) is 16.2. The van der Waals surface area contributed by atoms with E-state index in [9.17, 15) is 0 Å². The van der Waals surface area contributed by atoms with E-state index in [1.54, 1.807) is 0 Å². The second-order valence-electron chi connectivity index (χ2n) is 5.54. The molecule has 0 saturated carbocycles. The highest BCUT2D eigenvalue weighted by atomic mass is 16.5. The minimum atomic E-state index is -0.165. The Morgan fingerprint density at radius 2 is 1.67 bits per heavy atom. The molecule has 1 unspecified atom stereocenters. The molecule has 4 heteroatoms. The predicted molar refractivity (Wildman–Crippen MR) is 91.2 cm³/mol. The van der Waals surface area contributed by atoms with Crippen molar-refractivity contribution >= 4 is 0 Å². The first-order valence-corrected chi connectivity index (χ1v) is 7.88. The molecule has 2 aromatic carbocycles. The van der Waals surface area contributed by atoms with Gasteiger partial charge in [-0.05, 0) is 23.6 Å². The molecule has 1 aliphatic heterocycles. The van der Waals surface area contributed by atoms with Gasteiger partial charge in [0.1, 0.15) is 18.2 Å². The van der Waals surface area contributed by atoms with Crippen LogP contribution >= 0.6 is 0 Å². The molecule has 2 aromatic rings. The van der Waals surface area contributed by atoms with Crippen molar-refractivity contribution in [2.45, 2.75) is 13.0 Å². The van der Waals surface area contributed by atoms with Crippen LogP contribution in [0.25, 0.3) is 11.1 Å². The number of hydrogen-bond donors (Lipinski definition) is 0. The van der Waals surface area contributed by atoms with Gasteiger partial charge in [-0.3, -0.25) is 0 Å². The maximum atomic E-state index is 9.08. The maximum absolute atomic E-state index is 9.08. The van der Waals surface area contributed by atoms with Crippen molar-refractivity contribution in [3.63, 3.8) is 0 Å². The van der Waals surface area contributed by atoms with E-state index in [1.807, 2.05) is 54.3 Å². The number of nitrogens with zero attached hydrogens (tertiary/aromatic N) is 3. The fraction of sp³-hybridized carbons (Fsp3) is 0.200. The third kappa shape index (κ3) is 2.95. The van der Waals surface area contributed by atoms with Crippen molar-refractivity contribution in [1.29, 1.82) is 10.5 Å². The number of rotatable bonds is 3. The van der Waals surface area contributed by atoms with Crippen LogP contribution in [0.2, 0.25) is 0 Å². The van der Waals surface area contributed by atoms with Gasteiger partial charge in [0.25, 0.3) is 0 Å². The standard InChI is InChI=1S/C20H17N3O/c1-2-23-14-19(24-20(23)18(12-21)13-22)17-10-8-16(9-11-17)15-6-4-3-5-7-15/h3-11,19H,2,14H2,1H3. The Morgan fingerprint density at radius 3 is 2.25 bits per heavy atom. The molecule has 0 aliphatic carbocycles. The smallest absolute Gasteiger partial charge is 0.219 e. The predicted octanol–water partition coefficient (Wildman–Crippen LogP) is 4.01. The molecule has 4 nitrogen and oxygen atoms in total. The van der Waals surface area contributed by atoms with E-state index in [0.717, 1.165) is 11.1 Å². The van der Waals surface area contributed by atoms with Crippen LogP contribution in [0, 0.1) is 22.7 Å². The Kier molecular flexibility index (Phi) is 4.50. The van der Waals surface area contributed by atoms with Crippen LogP contribution in [0.15, 0.2) is 66.1 Å². The molecule has 1 fully saturated rings. The van der Waals surface area contributed by atoms with Crippen LogP contribution in [0.1, 0.15) is 18.6 Å². The number of ether oxygens (including phenoxy) is 1. The monoisotopic (exact) mass is 315 g/mol. The number of benzene rings is 2. The van der Waals surface area contributed by atoms with Crippen molar-refractivity contribution in [2.75, 3.05) is 13.1 Å². The van der Waals surface area contributed by atoms with Crippen LogP contribution in [-0.2, 0) is 4.74 Å². The molecular formula is C20H17N3O. The van der Waals surface area contributed by atoms with Crippen molar-refractivity contribution < 1.29 is 4.74 Å². The van der Waals surface area contributed by atoms with Crippen molar-refractivity contribution in [3.8, 4) is 23.3 Å². The lowest BCUT2D eigenvalue weighted by molar-refractivity contribution is 0.161. The van der Waals surface area contributed by atoms with Crippen molar-refractivity contribution in [1.82, 2.24) is 4.90 Å². The topological polar surface area (TPSA) is 60.0 Å². The first kappa shape index (κ1) is 15.6. The Balaban J connectivity index is 1.85. The van der Waals surface area contributed by atoms with Gasteiger partial charge in [0.05, 0.1) is 6.54 Å². The van der Waals surface area contributed by atoms with E-state index in [0.29, 0.717) is 19.0 Å². The molecule has 1 aliphatic rings. The fourth-order valence-corrected chi connectivity index (χ4v) is 2.83. The van der Waals surface area contributed by atoms with E-state index in [1.165, 1.54) is 5.56 Å². The van der Waals surface area contributed by atoms with Crippen molar-refractivity contribution in [3.05, 3.63) is 71.6 Å². The average Bonchev–Trinajstić information content (AvgIpc) is 3.08. The van der Waals surface area contributed by atoms with Gasteiger partial charge in [0.15, 0.2) is 5.57 Å². The van der Waals surface area contributed by atoms with E-state index in [4.69, 9.17) is 15.3 Å². The minimum absolute atomic E-state index is 0.0280. The number of nitriles is 2. The average molecular weight is 315 g/mol. The lowest BCUT2D eigenvalue weighted by Crippen LogP contribution is -2.19. The third-order valence-electron chi connectivity index (χ3n) is 4.14. The Hall–Kier alpha value is -3.24. The Bertz CT molecular complexity index is 810. The maximum Gasteiger partial charge on any atom is 0.219 e. The van der Waals surface area contributed by atoms with Gasteiger partial charge < -0.3 is 9.64 Å². The summed E-state index contributed by atoms with van der Waals surface area (Å²) >= 11 is 0. The zero-order chi connectivity index (χ0) is 16.9. The molecule has 0 aromatic heterocycles. The van der Waals surface area contributed by atoms with Gasteiger partial charge in [0.2, 0.25) is 5.88 Å². The van der Waals surface area contributed by atoms with E-state index in [2.05, 4.69) is 24.3 Å². The highest BCUT2D eigenvalue weighted by Crippen LogP contribution is 2.33. The van der Waals surface area contributed by atoms with Gasteiger partial charge >= 0.3 is 0 Å². The van der Waals surface area contributed by atoms with E-state index in [-0.39, 0.29) is 11.7 Å². The molecular weight excluding hydrogens is 298 g/mol. The fourth-order valence-electron chi connectivity index (χ4n) is 2.83. The summed E-state index contributed by atoms with van der Waals surface area (Å²) in [5.41, 5.74) is 3.39. The van der Waals surface area contributed by atoms with Crippen LogP contribution in [0.3, 0.4) is 0 Å². The summed E-state index contributed by atoms with van der Waals surface area (Å²) in [7, 11) is 0. The zero-order valence-electron chi connectivity index (χ0n) is 13.4. The van der Waals surface area contributed by atoms with Gasteiger partial charge in [-0.15, -0.1) is 0 Å². The summed E-state index contributed by atoms with van der Waals surface area (Å²) in [6.07, 6.45) is -0.165. The SMILES string of the molecule is CCN1CC(c2ccc(-c3ccccc3)cc2)OC1=C(C#N)C#N. The van der Waals surface area contributed by atoms with Crippen LogP contribution in [-0.4, -0.2) is 18.0 Å². The molecule has 0 spiro atoms. The lowest BCUT2D eigenvalue weighted by atomic mass is 10.0. The summed E-state index contributed by atoms with van der Waals surface area (Å²) in [6.45, 7) is 3.32. The quantitative estimate of drug-likeness (QED) is 0.803. The molecule has 0 bridgehead atoms. The highest BCUT2D eigenvalue weighted by molar-refractivity contribution is 5.63. The Morgan fingerprint density at radius 1 is 1.04 bits per heavy atom. The summed E-state index contributed by atoms with van der Waals surface area (Å²) < 4.78 is 5.90. The molecule has 0 N–H and O–H groups in total. The summed E-state index contributed by atoms with van der Waals surface area (Å²) in [5, 5.41) is 18.2. The molecule has 3 rings (SSSR count). The summed E-state index contributed by atoms with van der Waals surface area (Å²) in [5.74, 6) is 0.389. The molecule has 0 radical (unpaired) electrons. The molecule has 24 heavy (non-hydrogen) atoms. The van der Waals surface area contributed by atoms with Crippen LogP contribution in [0.5, 0.6) is 0 Å². The lowest BCUT2D eigenvalue weighted by Gasteiger charge is -2.13. The van der Waals surface area contributed by atoms with E-state index < -0.39 is 0 Å². The van der Waals surface area contributed by atoms with Gasteiger partial charge in [-0.25, -0.2) is 0 Å². The molecule has 1 atom stereocenters. The van der Waals surface area contributed by atoms with Gasteiger partial charge in [-0.2, -0.15) is 10.5 Å². The van der Waals surface area contributed by atoms with Crippen molar-refractivity contribution in [2.24, 2.45) is 0 Å². The summed E-state index contributed by atoms with van der Waals surface area (Å²) in [4.78, 5) is 1.93. The molecule has 0 amide bonds. The van der Waals surface area contributed by atoms with Gasteiger partial charge in [0, 0.05) is 6.54 Å². The number of likely N-dealkylation sites (N-methyl/N-ethyl adjacent to an activating group) is 1. The minimum Gasteiger partial charge on any atom is -0.468 e.